The maximum atomic E-state index is 5.58. The molecule has 0 aromatic heterocycles. The van der Waals surface area contributed by atoms with Gasteiger partial charge in [-0.3, -0.25) is 0 Å². The van der Waals surface area contributed by atoms with Crippen LogP contribution >= 0.6 is 0 Å². The third kappa shape index (κ3) is 3.69. The summed E-state index contributed by atoms with van der Waals surface area (Å²) >= 11 is 0. The Hall–Kier alpha value is -1.26. The van der Waals surface area contributed by atoms with Gasteiger partial charge in [0.1, 0.15) is 0 Å². The van der Waals surface area contributed by atoms with Gasteiger partial charge in [0.05, 0.1) is 20.3 Å². The van der Waals surface area contributed by atoms with Crippen LogP contribution in [0.15, 0.2) is 18.2 Å². The number of hydrogen-bond acceptors (Lipinski definition) is 4. The molecule has 4 heteroatoms. The van der Waals surface area contributed by atoms with E-state index >= 15 is 0 Å². The van der Waals surface area contributed by atoms with E-state index in [2.05, 4.69) is 24.4 Å². The van der Waals surface area contributed by atoms with Crippen LogP contribution in [-0.2, 0) is 4.74 Å². The SMILES string of the molecule is CCC(NC1CCCC1OC)c1ccc(OC)c(OC)c1. The maximum Gasteiger partial charge on any atom is 0.161 e. The normalized spacial score (nSPS) is 23.0. The van der Waals surface area contributed by atoms with Crippen molar-refractivity contribution in [3.63, 3.8) is 0 Å². The fraction of sp³-hybridized carbons (Fsp3) is 0.647. The van der Waals surface area contributed by atoms with E-state index in [1.165, 1.54) is 18.4 Å². The molecule has 3 atom stereocenters. The van der Waals surface area contributed by atoms with Gasteiger partial charge in [0.25, 0.3) is 0 Å². The molecule has 0 aliphatic heterocycles. The zero-order chi connectivity index (χ0) is 15.2. The smallest absolute Gasteiger partial charge is 0.161 e. The van der Waals surface area contributed by atoms with Crippen LogP contribution in [0.5, 0.6) is 11.5 Å². The highest BCUT2D eigenvalue weighted by Crippen LogP contribution is 2.32. The molecule has 0 heterocycles. The van der Waals surface area contributed by atoms with Crippen LogP contribution in [0.2, 0.25) is 0 Å². The number of hydrogen-bond donors (Lipinski definition) is 1. The van der Waals surface area contributed by atoms with Crippen molar-refractivity contribution in [2.45, 2.75) is 50.8 Å². The Morgan fingerprint density at radius 3 is 2.52 bits per heavy atom. The summed E-state index contributed by atoms with van der Waals surface area (Å²) in [7, 11) is 5.14. The maximum absolute atomic E-state index is 5.58. The van der Waals surface area contributed by atoms with Gasteiger partial charge in [-0.25, -0.2) is 0 Å². The fourth-order valence-corrected chi connectivity index (χ4v) is 3.18. The third-order valence-electron chi connectivity index (χ3n) is 4.39. The monoisotopic (exact) mass is 293 g/mol. The molecule has 0 spiro atoms. The van der Waals surface area contributed by atoms with Crippen LogP contribution in [0.1, 0.15) is 44.2 Å². The van der Waals surface area contributed by atoms with Gasteiger partial charge in [0.15, 0.2) is 11.5 Å². The molecule has 1 aliphatic carbocycles. The number of ether oxygens (including phenoxy) is 3. The van der Waals surface area contributed by atoms with E-state index in [1.807, 2.05) is 13.2 Å². The highest BCUT2D eigenvalue weighted by Gasteiger charge is 2.29. The summed E-state index contributed by atoms with van der Waals surface area (Å²) in [5.41, 5.74) is 1.23. The summed E-state index contributed by atoms with van der Waals surface area (Å²) in [5.74, 6) is 1.55. The molecule has 1 aromatic rings. The standard InChI is InChI=1S/C17H27NO3/c1-5-13(18-14-7-6-8-15(14)19-2)12-9-10-16(20-3)17(11-12)21-4/h9-11,13-15,18H,5-8H2,1-4H3. The molecule has 0 amide bonds. The molecule has 2 rings (SSSR count). The van der Waals surface area contributed by atoms with Crippen LogP contribution in [0.3, 0.4) is 0 Å². The van der Waals surface area contributed by atoms with Crippen molar-refractivity contribution in [2.24, 2.45) is 0 Å². The third-order valence-corrected chi connectivity index (χ3v) is 4.39. The van der Waals surface area contributed by atoms with Crippen molar-refractivity contribution >= 4 is 0 Å². The lowest BCUT2D eigenvalue weighted by Crippen LogP contribution is -2.39. The molecule has 1 N–H and O–H groups in total. The first-order chi connectivity index (χ1) is 10.2. The molecule has 0 radical (unpaired) electrons. The minimum absolute atomic E-state index is 0.311. The highest BCUT2D eigenvalue weighted by atomic mass is 16.5. The van der Waals surface area contributed by atoms with E-state index in [-0.39, 0.29) is 0 Å². The topological polar surface area (TPSA) is 39.7 Å². The molecule has 0 saturated heterocycles. The first-order valence-corrected chi connectivity index (χ1v) is 7.74. The van der Waals surface area contributed by atoms with Crippen molar-refractivity contribution in [1.29, 1.82) is 0 Å². The lowest BCUT2D eigenvalue weighted by Gasteiger charge is -2.26. The summed E-state index contributed by atoms with van der Waals surface area (Å²) in [6.45, 7) is 2.20. The molecule has 1 aliphatic rings. The predicted molar refractivity (Wildman–Crippen MR) is 84.1 cm³/mol. The van der Waals surface area contributed by atoms with Crippen molar-refractivity contribution in [3.05, 3.63) is 23.8 Å². The molecule has 118 valence electrons. The fourth-order valence-electron chi connectivity index (χ4n) is 3.18. The number of benzene rings is 1. The van der Waals surface area contributed by atoms with Crippen molar-refractivity contribution in [3.8, 4) is 11.5 Å². The Labute approximate surface area is 127 Å². The average Bonchev–Trinajstić information content (AvgIpc) is 2.99. The summed E-state index contributed by atoms with van der Waals surface area (Å²) < 4.78 is 16.3. The molecular weight excluding hydrogens is 266 g/mol. The van der Waals surface area contributed by atoms with Gasteiger partial charge in [0.2, 0.25) is 0 Å². The van der Waals surface area contributed by atoms with Gasteiger partial charge in [-0.15, -0.1) is 0 Å². The molecular formula is C17H27NO3. The number of nitrogens with one attached hydrogen (secondary N) is 1. The van der Waals surface area contributed by atoms with Gasteiger partial charge >= 0.3 is 0 Å². The summed E-state index contributed by atoms with van der Waals surface area (Å²) in [6.07, 6.45) is 4.93. The van der Waals surface area contributed by atoms with Crippen molar-refractivity contribution in [1.82, 2.24) is 5.32 Å². The Morgan fingerprint density at radius 2 is 1.90 bits per heavy atom. The van der Waals surface area contributed by atoms with E-state index in [0.717, 1.165) is 24.3 Å². The summed E-state index contributed by atoms with van der Waals surface area (Å²) in [5, 5.41) is 3.75. The van der Waals surface area contributed by atoms with E-state index < -0.39 is 0 Å². The first-order valence-electron chi connectivity index (χ1n) is 7.74. The Morgan fingerprint density at radius 1 is 1.14 bits per heavy atom. The molecule has 4 nitrogen and oxygen atoms in total. The molecule has 21 heavy (non-hydrogen) atoms. The Balaban J connectivity index is 2.13. The Bertz CT molecular complexity index is 450. The Kier molecular flexibility index (Phi) is 5.88. The van der Waals surface area contributed by atoms with Crippen LogP contribution in [0.4, 0.5) is 0 Å². The summed E-state index contributed by atoms with van der Waals surface area (Å²) in [6, 6.07) is 6.90. The minimum Gasteiger partial charge on any atom is -0.493 e. The van der Waals surface area contributed by atoms with Gasteiger partial charge in [0, 0.05) is 19.2 Å². The predicted octanol–water partition coefficient (Wildman–Crippen LogP) is 3.31. The van der Waals surface area contributed by atoms with Crippen molar-refractivity contribution < 1.29 is 14.2 Å². The second kappa shape index (κ2) is 7.66. The first kappa shape index (κ1) is 16.1. The van der Waals surface area contributed by atoms with E-state index in [1.54, 1.807) is 14.2 Å². The highest BCUT2D eigenvalue weighted by molar-refractivity contribution is 5.43. The summed E-state index contributed by atoms with van der Waals surface area (Å²) in [4.78, 5) is 0. The lowest BCUT2D eigenvalue weighted by molar-refractivity contribution is 0.0810. The number of rotatable bonds is 7. The van der Waals surface area contributed by atoms with E-state index in [0.29, 0.717) is 18.2 Å². The van der Waals surface area contributed by atoms with E-state index in [4.69, 9.17) is 14.2 Å². The zero-order valence-electron chi connectivity index (χ0n) is 13.5. The number of methoxy groups -OCH3 is 3. The molecule has 3 unspecified atom stereocenters. The quantitative estimate of drug-likeness (QED) is 0.837. The van der Waals surface area contributed by atoms with Crippen LogP contribution in [-0.4, -0.2) is 33.5 Å². The van der Waals surface area contributed by atoms with Crippen LogP contribution in [0, 0.1) is 0 Å². The molecule has 1 saturated carbocycles. The second-order valence-electron chi connectivity index (χ2n) is 5.55. The molecule has 1 fully saturated rings. The van der Waals surface area contributed by atoms with Crippen LogP contribution in [0.25, 0.3) is 0 Å². The molecule has 0 bridgehead atoms. The minimum atomic E-state index is 0.311. The van der Waals surface area contributed by atoms with Gasteiger partial charge in [-0.05, 0) is 43.4 Å². The van der Waals surface area contributed by atoms with Crippen molar-refractivity contribution in [2.75, 3.05) is 21.3 Å². The van der Waals surface area contributed by atoms with Gasteiger partial charge < -0.3 is 19.5 Å². The average molecular weight is 293 g/mol. The lowest BCUT2D eigenvalue weighted by atomic mass is 10.0. The second-order valence-corrected chi connectivity index (χ2v) is 5.55. The largest absolute Gasteiger partial charge is 0.493 e. The zero-order valence-corrected chi connectivity index (χ0v) is 13.5. The molecule has 1 aromatic carbocycles. The van der Waals surface area contributed by atoms with Gasteiger partial charge in [-0.2, -0.15) is 0 Å². The van der Waals surface area contributed by atoms with Crippen LogP contribution < -0.4 is 14.8 Å². The van der Waals surface area contributed by atoms with E-state index in [9.17, 15) is 0 Å². The van der Waals surface area contributed by atoms with Gasteiger partial charge in [-0.1, -0.05) is 13.0 Å².